The highest BCUT2D eigenvalue weighted by molar-refractivity contribution is 5.42. The summed E-state index contributed by atoms with van der Waals surface area (Å²) in [4.78, 5) is 0. The molecule has 0 radical (unpaired) electrons. The summed E-state index contributed by atoms with van der Waals surface area (Å²) >= 11 is 0. The van der Waals surface area contributed by atoms with E-state index >= 15 is 0 Å². The average Bonchev–Trinajstić information content (AvgIpc) is 2.41. The number of aryl methyl sites for hydroxylation is 1. The second-order valence-corrected chi connectivity index (χ2v) is 5.56. The number of hydrogen-bond donors (Lipinski definition) is 1. The molecular formula is C16H22F5N. The second kappa shape index (κ2) is 8.96. The van der Waals surface area contributed by atoms with E-state index in [1.54, 1.807) is 0 Å². The van der Waals surface area contributed by atoms with Gasteiger partial charge >= 0.3 is 6.18 Å². The van der Waals surface area contributed by atoms with Crippen molar-refractivity contribution in [2.75, 3.05) is 5.73 Å². The summed E-state index contributed by atoms with van der Waals surface area (Å²) in [5, 5.41) is 0. The Morgan fingerprint density at radius 1 is 0.773 bits per heavy atom. The van der Waals surface area contributed by atoms with Gasteiger partial charge in [-0.3, -0.25) is 0 Å². The third kappa shape index (κ3) is 7.61. The van der Waals surface area contributed by atoms with Crippen molar-refractivity contribution in [2.24, 2.45) is 0 Å². The monoisotopic (exact) mass is 323 g/mol. The van der Waals surface area contributed by atoms with Crippen LogP contribution in [-0.2, 0) is 6.42 Å². The molecule has 1 rings (SSSR count). The van der Waals surface area contributed by atoms with Gasteiger partial charge in [0.2, 0.25) is 0 Å². The van der Waals surface area contributed by atoms with Gasteiger partial charge in [-0.05, 0) is 30.9 Å². The molecule has 0 unspecified atom stereocenters. The van der Waals surface area contributed by atoms with Crippen LogP contribution in [0, 0.1) is 11.6 Å². The summed E-state index contributed by atoms with van der Waals surface area (Å²) in [5.74, 6) is -1.10. The molecule has 0 aliphatic rings. The van der Waals surface area contributed by atoms with E-state index in [1.807, 2.05) is 0 Å². The molecule has 1 aromatic carbocycles. The van der Waals surface area contributed by atoms with Crippen molar-refractivity contribution < 1.29 is 22.0 Å². The summed E-state index contributed by atoms with van der Waals surface area (Å²) in [7, 11) is 0. The van der Waals surface area contributed by atoms with Crippen molar-refractivity contribution in [1.29, 1.82) is 0 Å². The molecule has 22 heavy (non-hydrogen) atoms. The molecule has 0 saturated carbocycles. The Balaban J connectivity index is 2.08. The SMILES string of the molecule is Nc1cc(F)c(CCCCCCCCCC(F)(F)F)cc1F. The Morgan fingerprint density at radius 3 is 1.91 bits per heavy atom. The lowest BCUT2D eigenvalue weighted by molar-refractivity contribution is -0.135. The van der Waals surface area contributed by atoms with Gasteiger partial charge in [0.1, 0.15) is 11.6 Å². The van der Waals surface area contributed by atoms with Gasteiger partial charge in [0.05, 0.1) is 5.69 Å². The first kappa shape index (κ1) is 18.7. The molecular weight excluding hydrogens is 301 g/mol. The molecule has 0 aliphatic heterocycles. The van der Waals surface area contributed by atoms with Crippen LogP contribution in [0.2, 0.25) is 0 Å². The predicted octanol–water partition coefficient (Wildman–Crippen LogP) is 5.77. The first-order valence-corrected chi connectivity index (χ1v) is 7.60. The van der Waals surface area contributed by atoms with Gasteiger partial charge < -0.3 is 5.73 Å². The molecule has 0 saturated heterocycles. The van der Waals surface area contributed by atoms with E-state index in [9.17, 15) is 22.0 Å². The Morgan fingerprint density at radius 2 is 1.32 bits per heavy atom. The van der Waals surface area contributed by atoms with Crippen molar-refractivity contribution in [1.82, 2.24) is 0 Å². The summed E-state index contributed by atoms with van der Waals surface area (Å²) in [6.45, 7) is 0. The molecule has 0 amide bonds. The van der Waals surface area contributed by atoms with E-state index in [0.29, 0.717) is 18.4 Å². The number of alkyl halides is 3. The van der Waals surface area contributed by atoms with Crippen molar-refractivity contribution in [2.45, 2.75) is 64.0 Å². The third-order valence-electron chi connectivity index (χ3n) is 3.57. The lowest BCUT2D eigenvalue weighted by Crippen LogP contribution is -2.06. The van der Waals surface area contributed by atoms with Crippen molar-refractivity contribution >= 4 is 5.69 Å². The van der Waals surface area contributed by atoms with E-state index in [0.717, 1.165) is 44.2 Å². The smallest absolute Gasteiger partial charge is 0.389 e. The fraction of sp³-hybridized carbons (Fsp3) is 0.625. The number of nitrogen functional groups attached to an aromatic ring is 1. The second-order valence-electron chi connectivity index (χ2n) is 5.56. The van der Waals surface area contributed by atoms with Crippen LogP contribution in [-0.4, -0.2) is 6.18 Å². The molecule has 0 spiro atoms. The summed E-state index contributed by atoms with van der Waals surface area (Å²) in [6.07, 6.45) is 0.553. The number of nitrogens with two attached hydrogens (primary N) is 1. The molecule has 0 aliphatic carbocycles. The van der Waals surface area contributed by atoms with E-state index < -0.39 is 24.2 Å². The Kier molecular flexibility index (Phi) is 7.62. The van der Waals surface area contributed by atoms with Crippen LogP contribution in [0.1, 0.15) is 56.9 Å². The first-order chi connectivity index (χ1) is 10.3. The average molecular weight is 323 g/mol. The zero-order valence-corrected chi connectivity index (χ0v) is 12.5. The maximum Gasteiger partial charge on any atom is 0.389 e. The van der Waals surface area contributed by atoms with Crippen molar-refractivity contribution in [3.05, 3.63) is 29.3 Å². The molecule has 0 heterocycles. The number of halogens is 5. The maximum absolute atomic E-state index is 13.5. The van der Waals surface area contributed by atoms with Crippen LogP contribution in [0.3, 0.4) is 0 Å². The lowest BCUT2D eigenvalue weighted by Gasteiger charge is -2.06. The molecule has 2 N–H and O–H groups in total. The number of anilines is 1. The van der Waals surface area contributed by atoms with Crippen LogP contribution in [0.25, 0.3) is 0 Å². The quantitative estimate of drug-likeness (QED) is 0.348. The lowest BCUT2D eigenvalue weighted by atomic mass is 10.0. The zero-order valence-electron chi connectivity index (χ0n) is 12.5. The van der Waals surface area contributed by atoms with Crippen LogP contribution >= 0.6 is 0 Å². The van der Waals surface area contributed by atoms with Crippen LogP contribution in [0.5, 0.6) is 0 Å². The van der Waals surface area contributed by atoms with Gasteiger partial charge in [-0.25, -0.2) is 8.78 Å². The minimum Gasteiger partial charge on any atom is -0.396 e. The van der Waals surface area contributed by atoms with Crippen LogP contribution in [0.4, 0.5) is 27.6 Å². The number of unbranched alkanes of at least 4 members (excludes halogenated alkanes) is 6. The summed E-state index contributed by atoms with van der Waals surface area (Å²) in [5.41, 5.74) is 5.39. The molecule has 1 aromatic rings. The maximum atomic E-state index is 13.5. The highest BCUT2D eigenvalue weighted by Crippen LogP contribution is 2.23. The normalized spacial score (nSPS) is 11.9. The summed E-state index contributed by atoms with van der Waals surface area (Å²) < 4.78 is 62.5. The molecule has 0 atom stereocenters. The van der Waals surface area contributed by atoms with Gasteiger partial charge in [0, 0.05) is 12.5 Å². The summed E-state index contributed by atoms with van der Waals surface area (Å²) in [6, 6.07) is 2.12. The van der Waals surface area contributed by atoms with Gasteiger partial charge in [-0.15, -0.1) is 0 Å². The van der Waals surface area contributed by atoms with E-state index in [1.165, 1.54) is 0 Å². The molecule has 0 fully saturated rings. The third-order valence-corrected chi connectivity index (χ3v) is 3.57. The number of hydrogen-bond acceptors (Lipinski definition) is 1. The van der Waals surface area contributed by atoms with Crippen LogP contribution in [0.15, 0.2) is 12.1 Å². The number of benzene rings is 1. The molecule has 0 aromatic heterocycles. The van der Waals surface area contributed by atoms with Gasteiger partial charge in [0.25, 0.3) is 0 Å². The largest absolute Gasteiger partial charge is 0.396 e. The van der Waals surface area contributed by atoms with Crippen LogP contribution < -0.4 is 5.73 Å². The molecule has 126 valence electrons. The van der Waals surface area contributed by atoms with E-state index in [2.05, 4.69) is 0 Å². The molecule has 6 heteroatoms. The number of rotatable bonds is 9. The highest BCUT2D eigenvalue weighted by Gasteiger charge is 2.25. The van der Waals surface area contributed by atoms with Gasteiger partial charge in [-0.1, -0.05) is 32.1 Å². The predicted molar refractivity (Wildman–Crippen MR) is 77.5 cm³/mol. The topological polar surface area (TPSA) is 26.0 Å². The fourth-order valence-corrected chi connectivity index (χ4v) is 2.32. The Hall–Kier alpha value is -1.33. The Labute approximate surface area is 127 Å². The molecule has 0 bridgehead atoms. The Bertz CT molecular complexity index is 457. The highest BCUT2D eigenvalue weighted by atomic mass is 19.4. The fourth-order valence-electron chi connectivity index (χ4n) is 2.32. The molecule has 1 nitrogen and oxygen atoms in total. The van der Waals surface area contributed by atoms with Gasteiger partial charge in [-0.2, -0.15) is 13.2 Å². The standard InChI is InChI=1S/C16H22F5N/c17-13-11-15(22)14(18)10-12(13)8-6-4-2-1-3-5-7-9-16(19,20)21/h10-11H,1-9,22H2. The van der Waals surface area contributed by atoms with Crippen molar-refractivity contribution in [3.8, 4) is 0 Å². The van der Waals surface area contributed by atoms with E-state index in [-0.39, 0.29) is 12.1 Å². The van der Waals surface area contributed by atoms with Crippen molar-refractivity contribution in [3.63, 3.8) is 0 Å². The minimum absolute atomic E-state index is 0.180. The van der Waals surface area contributed by atoms with E-state index in [4.69, 9.17) is 5.73 Å². The first-order valence-electron chi connectivity index (χ1n) is 7.60. The minimum atomic E-state index is -4.06. The zero-order chi connectivity index (χ0) is 16.6. The van der Waals surface area contributed by atoms with Gasteiger partial charge in [0.15, 0.2) is 0 Å².